The van der Waals surface area contributed by atoms with Crippen molar-refractivity contribution >= 4 is 5.82 Å². The van der Waals surface area contributed by atoms with Gasteiger partial charge in [0.2, 0.25) is 0 Å². The summed E-state index contributed by atoms with van der Waals surface area (Å²) in [5, 5.41) is 0. The molecule has 19 heavy (non-hydrogen) atoms. The largest absolute Gasteiger partial charge is 0.573 e. The first-order chi connectivity index (χ1) is 8.78. The van der Waals surface area contributed by atoms with Crippen molar-refractivity contribution in [1.29, 1.82) is 0 Å². The summed E-state index contributed by atoms with van der Waals surface area (Å²) < 4.78 is 42.0. The molecule has 0 amide bonds. The van der Waals surface area contributed by atoms with Crippen molar-refractivity contribution in [3.8, 4) is 17.0 Å². The average molecular weight is 271 g/mol. The number of nitrogen functional groups attached to an aromatic ring is 1. The minimum atomic E-state index is -4.72. The Morgan fingerprint density at radius 2 is 2.00 bits per heavy atom. The molecule has 0 aliphatic rings. The number of imidazole rings is 1. The average Bonchev–Trinajstić information content (AvgIpc) is 2.55. The van der Waals surface area contributed by atoms with Crippen LogP contribution < -0.4 is 10.5 Å². The van der Waals surface area contributed by atoms with Gasteiger partial charge in [-0.15, -0.1) is 13.2 Å². The molecular formula is C12H12F3N3O. The quantitative estimate of drug-likeness (QED) is 0.913. The lowest BCUT2D eigenvalue weighted by atomic mass is 10.1. The van der Waals surface area contributed by atoms with Gasteiger partial charge >= 0.3 is 6.36 Å². The summed E-state index contributed by atoms with van der Waals surface area (Å²) in [6.07, 6.45) is -4.72. The van der Waals surface area contributed by atoms with E-state index in [1.54, 1.807) is 24.6 Å². The zero-order valence-electron chi connectivity index (χ0n) is 10.3. The van der Waals surface area contributed by atoms with E-state index in [2.05, 4.69) is 9.72 Å². The van der Waals surface area contributed by atoms with Gasteiger partial charge in [0.1, 0.15) is 23.1 Å². The highest BCUT2D eigenvalue weighted by Gasteiger charge is 2.31. The van der Waals surface area contributed by atoms with Crippen LogP contribution in [0.4, 0.5) is 19.0 Å². The second-order valence-corrected chi connectivity index (χ2v) is 4.03. The Balaban J connectivity index is 2.41. The van der Waals surface area contributed by atoms with Gasteiger partial charge in [-0.25, -0.2) is 4.98 Å². The summed E-state index contributed by atoms with van der Waals surface area (Å²) in [6, 6.07) is 5.57. The number of aryl methyl sites for hydroxylation is 1. The predicted octanol–water partition coefficient (Wildman–Crippen LogP) is 2.88. The van der Waals surface area contributed by atoms with Crippen LogP contribution in [-0.2, 0) is 7.05 Å². The third-order valence-electron chi connectivity index (χ3n) is 2.70. The van der Waals surface area contributed by atoms with Crippen molar-refractivity contribution in [1.82, 2.24) is 9.55 Å². The number of ether oxygens (including phenoxy) is 1. The fourth-order valence-corrected chi connectivity index (χ4v) is 1.68. The monoisotopic (exact) mass is 271 g/mol. The highest BCUT2D eigenvalue weighted by molar-refractivity contribution is 5.72. The van der Waals surface area contributed by atoms with Gasteiger partial charge in [-0.1, -0.05) is 12.1 Å². The first-order valence-electron chi connectivity index (χ1n) is 5.43. The van der Waals surface area contributed by atoms with Crippen LogP contribution in [0.15, 0.2) is 24.3 Å². The Bertz CT molecular complexity index is 605. The molecule has 2 N–H and O–H groups in total. The van der Waals surface area contributed by atoms with Gasteiger partial charge in [-0.05, 0) is 19.1 Å². The summed E-state index contributed by atoms with van der Waals surface area (Å²) in [5.74, 6) is 0.768. The van der Waals surface area contributed by atoms with Crippen molar-refractivity contribution in [3.05, 3.63) is 30.1 Å². The van der Waals surface area contributed by atoms with Gasteiger partial charge in [-0.3, -0.25) is 0 Å². The summed E-state index contributed by atoms with van der Waals surface area (Å²) >= 11 is 0. The Morgan fingerprint density at radius 3 is 2.53 bits per heavy atom. The molecule has 2 rings (SSSR count). The molecule has 4 nitrogen and oxygen atoms in total. The first kappa shape index (κ1) is 13.3. The Hall–Kier alpha value is -2.18. The second kappa shape index (κ2) is 4.49. The van der Waals surface area contributed by atoms with Gasteiger partial charge in [0.25, 0.3) is 0 Å². The molecular weight excluding hydrogens is 259 g/mol. The van der Waals surface area contributed by atoms with Crippen LogP contribution in [0.1, 0.15) is 5.82 Å². The second-order valence-electron chi connectivity index (χ2n) is 4.03. The van der Waals surface area contributed by atoms with Crippen molar-refractivity contribution in [2.75, 3.05) is 5.73 Å². The van der Waals surface area contributed by atoms with Crippen LogP contribution in [0.25, 0.3) is 11.3 Å². The van der Waals surface area contributed by atoms with Gasteiger partial charge in [-0.2, -0.15) is 0 Å². The van der Waals surface area contributed by atoms with Crippen molar-refractivity contribution < 1.29 is 17.9 Å². The van der Waals surface area contributed by atoms with Crippen LogP contribution in [0.2, 0.25) is 0 Å². The molecule has 1 heterocycles. The molecule has 0 unspecified atom stereocenters. The minimum Gasteiger partial charge on any atom is -0.406 e. The molecule has 0 atom stereocenters. The predicted molar refractivity (Wildman–Crippen MR) is 64.5 cm³/mol. The number of hydrogen-bond acceptors (Lipinski definition) is 3. The molecule has 0 fully saturated rings. The molecule has 0 radical (unpaired) electrons. The van der Waals surface area contributed by atoms with Crippen molar-refractivity contribution in [2.24, 2.45) is 7.05 Å². The van der Waals surface area contributed by atoms with Crippen LogP contribution in [0.5, 0.6) is 5.75 Å². The van der Waals surface area contributed by atoms with E-state index >= 15 is 0 Å². The number of rotatable bonds is 2. The van der Waals surface area contributed by atoms with E-state index in [4.69, 9.17) is 5.73 Å². The molecule has 0 bridgehead atoms. The standard InChI is InChI=1S/C12H12F3N3O/c1-7-17-10(11(16)18(7)2)8-4-3-5-9(6-8)19-12(13,14)15/h3-6H,16H2,1-2H3. The highest BCUT2D eigenvalue weighted by atomic mass is 19.4. The molecule has 0 spiro atoms. The Kier molecular flexibility index (Phi) is 3.13. The lowest BCUT2D eigenvalue weighted by molar-refractivity contribution is -0.274. The van der Waals surface area contributed by atoms with E-state index in [-0.39, 0.29) is 5.75 Å². The number of aromatic nitrogens is 2. The van der Waals surface area contributed by atoms with E-state index in [0.717, 1.165) is 0 Å². The van der Waals surface area contributed by atoms with E-state index in [1.807, 2.05) is 0 Å². The smallest absolute Gasteiger partial charge is 0.406 e. The molecule has 0 aliphatic heterocycles. The number of benzene rings is 1. The minimum absolute atomic E-state index is 0.298. The van der Waals surface area contributed by atoms with Crippen molar-refractivity contribution in [3.63, 3.8) is 0 Å². The highest BCUT2D eigenvalue weighted by Crippen LogP contribution is 2.30. The number of hydrogen-bond donors (Lipinski definition) is 1. The lowest BCUT2D eigenvalue weighted by Crippen LogP contribution is -2.17. The summed E-state index contributed by atoms with van der Waals surface area (Å²) in [5.41, 5.74) is 6.76. The third kappa shape index (κ3) is 2.81. The Labute approximate surface area is 107 Å². The number of halogens is 3. The molecule has 102 valence electrons. The zero-order chi connectivity index (χ0) is 14.2. The third-order valence-corrected chi connectivity index (χ3v) is 2.70. The fourth-order valence-electron chi connectivity index (χ4n) is 1.68. The van der Waals surface area contributed by atoms with Gasteiger partial charge < -0.3 is 15.0 Å². The normalized spacial score (nSPS) is 11.6. The summed E-state index contributed by atoms with van der Waals surface area (Å²) in [7, 11) is 1.73. The molecule has 0 saturated carbocycles. The molecule has 0 saturated heterocycles. The number of anilines is 1. The SMILES string of the molecule is Cc1nc(-c2cccc(OC(F)(F)F)c2)c(N)n1C. The van der Waals surface area contributed by atoms with E-state index in [1.165, 1.54) is 18.2 Å². The van der Waals surface area contributed by atoms with E-state index in [9.17, 15) is 13.2 Å². The maximum absolute atomic E-state index is 12.2. The number of alkyl halides is 3. The van der Waals surface area contributed by atoms with Gasteiger partial charge in [0, 0.05) is 12.6 Å². The molecule has 0 aliphatic carbocycles. The molecule has 1 aromatic carbocycles. The lowest BCUT2D eigenvalue weighted by Gasteiger charge is -2.09. The number of nitrogens with two attached hydrogens (primary N) is 1. The zero-order valence-corrected chi connectivity index (χ0v) is 10.3. The van der Waals surface area contributed by atoms with Crippen LogP contribution >= 0.6 is 0 Å². The van der Waals surface area contributed by atoms with Crippen LogP contribution in [0, 0.1) is 6.92 Å². The van der Waals surface area contributed by atoms with Crippen LogP contribution in [0.3, 0.4) is 0 Å². The maximum Gasteiger partial charge on any atom is 0.573 e. The van der Waals surface area contributed by atoms with E-state index in [0.29, 0.717) is 22.9 Å². The fraction of sp³-hybridized carbons (Fsp3) is 0.250. The number of nitrogens with zero attached hydrogens (tertiary/aromatic N) is 2. The van der Waals surface area contributed by atoms with E-state index < -0.39 is 6.36 Å². The molecule has 2 aromatic rings. The molecule has 7 heteroatoms. The summed E-state index contributed by atoms with van der Waals surface area (Å²) in [4.78, 5) is 4.22. The maximum atomic E-state index is 12.2. The first-order valence-corrected chi connectivity index (χ1v) is 5.43. The van der Waals surface area contributed by atoms with Gasteiger partial charge in [0.05, 0.1) is 0 Å². The van der Waals surface area contributed by atoms with Crippen LogP contribution in [-0.4, -0.2) is 15.9 Å². The van der Waals surface area contributed by atoms with Crippen molar-refractivity contribution in [2.45, 2.75) is 13.3 Å². The summed E-state index contributed by atoms with van der Waals surface area (Å²) in [6.45, 7) is 1.76. The Morgan fingerprint density at radius 1 is 1.32 bits per heavy atom. The topological polar surface area (TPSA) is 53.1 Å². The molecule has 1 aromatic heterocycles. The van der Waals surface area contributed by atoms with Gasteiger partial charge in [0.15, 0.2) is 0 Å².